The predicted molar refractivity (Wildman–Crippen MR) is 129 cm³/mol. The lowest BCUT2D eigenvalue weighted by Crippen LogP contribution is -2.22. The van der Waals surface area contributed by atoms with Crippen LogP contribution in [-0.2, 0) is 6.54 Å². The van der Waals surface area contributed by atoms with Crippen molar-refractivity contribution in [2.45, 2.75) is 12.6 Å². The summed E-state index contributed by atoms with van der Waals surface area (Å²) in [7, 11) is 0. The van der Waals surface area contributed by atoms with Gasteiger partial charge in [0.05, 0.1) is 11.8 Å². The van der Waals surface area contributed by atoms with Crippen molar-refractivity contribution in [3.8, 4) is 0 Å². The molecule has 34 heavy (non-hydrogen) atoms. The number of nitrogens with one attached hydrogen (secondary N) is 1. The Morgan fingerprint density at radius 2 is 1.50 bits per heavy atom. The van der Waals surface area contributed by atoms with Crippen LogP contribution in [0.15, 0.2) is 95.6 Å². The molecule has 0 fully saturated rings. The number of carboxylic acid groups (broad SMARTS) is 1. The smallest absolute Gasteiger partial charge is 0.335 e. The van der Waals surface area contributed by atoms with Crippen molar-refractivity contribution in [1.82, 2.24) is 5.32 Å². The SMILES string of the molecule is O=C(O)c1ccc(C(O)c2ccc3ccc(C(=O)NCc4ccc5occc5c4)cc3c2)cc1. The van der Waals surface area contributed by atoms with E-state index < -0.39 is 12.1 Å². The summed E-state index contributed by atoms with van der Waals surface area (Å²) in [6.45, 7) is 0.392. The molecule has 0 spiro atoms. The Bertz CT molecular complexity index is 1520. The number of carbonyl (C=O) groups is 2. The lowest BCUT2D eigenvalue weighted by molar-refractivity contribution is 0.0696. The zero-order valence-electron chi connectivity index (χ0n) is 18.1. The Labute approximate surface area is 195 Å². The van der Waals surface area contributed by atoms with Gasteiger partial charge in [-0.05, 0) is 76.0 Å². The van der Waals surface area contributed by atoms with Gasteiger partial charge in [0.15, 0.2) is 0 Å². The highest BCUT2D eigenvalue weighted by Gasteiger charge is 2.13. The molecule has 1 aromatic heterocycles. The van der Waals surface area contributed by atoms with E-state index in [-0.39, 0.29) is 11.5 Å². The molecule has 0 radical (unpaired) electrons. The second-order valence-corrected chi connectivity index (χ2v) is 8.13. The molecule has 168 valence electrons. The molecule has 0 saturated heterocycles. The quantitative estimate of drug-likeness (QED) is 0.325. The summed E-state index contributed by atoms with van der Waals surface area (Å²) in [5.74, 6) is -1.20. The molecule has 0 aliphatic heterocycles. The predicted octanol–water partition coefficient (Wildman–Crippen LogP) is 5.30. The van der Waals surface area contributed by atoms with Crippen molar-refractivity contribution in [1.29, 1.82) is 0 Å². The van der Waals surface area contributed by atoms with E-state index in [1.165, 1.54) is 12.1 Å². The van der Waals surface area contributed by atoms with Gasteiger partial charge >= 0.3 is 5.97 Å². The molecular weight excluding hydrogens is 430 g/mol. The van der Waals surface area contributed by atoms with Crippen molar-refractivity contribution in [2.75, 3.05) is 0 Å². The number of hydrogen-bond acceptors (Lipinski definition) is 4. The van der Waals surface area contributed by atoms with Crippen LogP contribution in [0, 0.1) is 0 Å². The highest BCUT2D eigenvalue weighted by atomic mass is 16.4. The molecule has 1 amide bonds. The van der Waals surface area contributed by atoms with Crippen LogP contribution in [-0.4, -0.2) is 22.1 Å². The van der Waals surface area contributed by atoms with E-state index in [1.54, 1.807) is 30.5 Å². The maximum absolute atomic E-state index is 12.8. The molecule has 4 aromatic carbocycles. The number of hydrogen-bond donors (Lipinski definition) is 3. The molecule has 6 heteroatoms. The number of rotatable bonds is 6. The van der Waals surface area contributed by atoms with Gasteiger partial charge in [0, 0.05) is 17.5 Å². The first-order valence-corrected chi connectivity index (χ1v) is 10.8. The van der Waals surface area contributed by atoms with Gasteiger partial charge in [-0.2, -0.15) is 0 Å². The number of amides is 1. The van der Waals surface area contributed by atoms with E-state index in [0.29, 0.717) is 23.2 Å². The first-order valence-electron chi connectivity index (χ1n) is 10.8. The third kappa shape index (κ3) is 4.27. The molecule has 0 aliphatic carbocycles. The Balaban J connectivity index is 1.34. The number of aromatic carboxylic acids is 1. The van der Waals surface area contributed by atoms with Crippen molar-refractivity contribution in [3.05, 3.63) is 119 Å². The van der Waals surface area contributed by atoms with Gasteiger partial charge in [-0.1, -0.05) is 36.4 Å². The summed E-state index contributed by atoms with van der Waals surface area (Å²) < 4.78 is 5.35. The standard InChI is InChI=1S/C28H21NO5/c30-26(19-4-6-20(7-5-19)28(32)33)22-8-2-18-3-9-23(15-24(18)14-22)27(31)29-16-17-1-10-25-21(13-17)11-12-34-25/h1-15,26,30H,16H2,(H,29,31)(H,32,33). The van der Waals surface area contributed by atoms with Crippen LogP contribution in [0.5, 0.6) is 0 Å². The summed E-state index contributed by atoms with van der Waals surface area (Å²) >= 11 is 0. The topological polar surface area (TPSA) is 99.8 Å². The first-order chi connectivity index (χ1) is 16.5. The second kappa shape index (κ2) is 8.84. The fourth-order valence-corrected chi connectivity index (χ4v) is 3.99. The maximum atomic E-state index is 12.8. The summed E-state index contributed by atoms with van der Waals surface area (Å²) in [6, 6.07) is 24.8. The Kier molecular flexibility index (Phi) is 5.57. The summed E-state index contributed by atoms with van der Waals surface area (Å²) in [5, 5.41) is 25.6. The van der Waals surface area contributed by atoms with Gasteiger partial charge in [-0.3, -0.25) is 4.79 Å². The van der Waals surface area contributed by atoms with E-state index in [2.05, 4.69) is 5.32 Å². The first kappa shape index (κ1) is 21.4. The van der Waals surface area contributed by atoms with Crippen molar-refractivity contribution in [3.63, 3.8) is 0 Å². The van der Waals surface area contributed by atoms with Crippen LogP contribution in [0.3, 0.4) is 0 Å². The fraction of sp³-hybridized carbons (Fsp3) is 0.0714. The minimum Gasteiger partial charge on any atom is -0.478 e. The average molecular weight is 451 g/mol. The second-order valence-electron chi connectivity index (χ2n) is 8.13. The van der Waals surface area contributed by atoms with Crippen LogP contribution in [0.1, 0.15) is 43.5 Å². The number of carbonyl (C=O) groups excluding carboxylic acids is 1. The van der Waals surface area contributed by atoms with E-state index in [0.717, 1.165) is 27.3 Å². The van der Waals surface area contributed by atoms with Crippen LogP contribution < -0.4 is 5.32 Å². The Morgan fingerprint density at radius 1 is 0.765 bits per heavy atom. The Hall–Kier alpha value is -4.42. The van der Waals surface area contributed by atoms with Crippen molar-refractivity contribution >= 4 is 33.6 Å². The molecule has 0 aliphatic rings. The molecule has 5 rings (SSSR count). The average Bonchev–Trinajstić information content (AvgIpc) is 3.34. The molecule has 0 saturated carbocycles. The van der Waals surface area contributed by atoms with Gasteiger partial charge in [0.25, 0.3) is 5.91 Å². The lowest BCUT2D eigenvalue weighted by atomic mass is 9.97. The molecule has 6 nitrogen and oxygen atoms in total. The monoisotopic (exact) mass is 451 g/mol. The van der Waals surface area contributed by atoms with E-state index >= 15 is 0 Å². The number of aliphatic hydroxyl groups excluding tert-OH is 1. The number of fused-ring (bicyclic) bond motifs is 2. The number of furan rings is 1. The summed E-state index contributed by atoms with van der Waals surface area (Å²) in [6.07, 6.45) is 0.723. The van der Waals surface area contributed by atoms with E-state index in [4.69, 9.17) is 9.52 Å². The molecule has 5 aromatic rings. The third-order valence-corrected chi connectivity index (χ3v) is 5.89. The van der Waals surface area contributed by atoms with Gasteiger partial charge in [0.2, 0.25) is 0 Å². The third-order valence-electron chi connectivity index (χ3n) is 5.89. The van der Waals surface area contributed by atoms with Crippen molar-refractivity contribution in [2.24, 2.45) is 0 Å². The maximum Gasteiger partial charge on any atom is 0.335 e. The fourth-order valence-electron chi connectivity index (χ4n) is 3.99. The largest absolute Gasteiger partial charge is 0.478 e. The highest BCUT2D eigenvalue weighted by molar-refractivity contribution is 5.98. The van der Waals surface area contributed by atoms with E-state index in [9.17, 15) is 14.7 Å². The summed E-state index contributed by atoms with van der Waals surface area (Å²) in [4.78, 5) is 23.8. The summed E-state index contributed by atoms with van der Waals surface area (Å²) in [5.41, 5.74) is 3.71. The van der Waals surface area contributed by atoms with Gasteiger partial charge in [-0.25, -0.2) is 4.79 Å². The van der Waals surface area contributed by atoms with Crippen LogP contribution >= 0.6 is 0 Å². The molecule has 1 heterocycles. The highest BCUT2D eigenvalue weighted by Crippen LogP contribution is 2.26. The normalized spacial score (nSPS) is 12.0. The van der Waals surface area contributed by atoms with Crippen LogP contribution in [0.25, 0.3) is 21.7 Å². The molecular formula is C28H21NO5. The van der Waals surface area contributed by atoms with Gasteiger partial charge in [0.1, 0.15) is 11.7 Å². The van der Waals surface area contributed by atoms with Crippen LogP contribution in [0.4, 0.5) is 0 Å². The van der Waals surface area contributed by atoms with Gasteiger partial charge in [-0.15, -0.1) is 0 Å². The lowest BCUT2D eigenvalue weighted by Gasteiger charge is -2.13. The number of benzene rings is 4. The van der Waals surface area contributed by atoms with E-state index in [1.807, 2.05) is 48.5 Å². The minimum atomic E-state index is -1.01. The van der Waals surface area contributed by atoms with Crippen molar-refractivity contribution < 1.29 is 24.2 Å². The zero-order valence-corrected chi connectivity index (χ0v) is 18.1. The molecule has 3 N–H and O–H groups in total. The van der Waals surface area contributed by atoms with Gasteiger partial charge < -0.3 is 19.9 Å². The van der Waals surface area contributed by atoms with Crippen LogP contribution in [0.2, 0.25) is 0 Å². The Morgan fingerprint density at radius 3 is 2.29 bits per heavy atom. The number of aliphatic hydroxyl groups is 1. The number of carboxylic acids is 1. The minimum absolute atomic E-state index is 0.162. The molecule has 0 bridgehead atoms. The molecule has 1 atom stereocenters. The molecule has 1 unspecified atom stereocenters. The zero-order chi connectivity index (χ0) is 23.7.